The van der Waals surface area contributed by atoms with Crippen molar-refractivity contribution in [1.29, 1.82) is 0 Å². The first-order chi connectivity index (χ1) is 13.7. The quantitative estimate of drug-likeness (QED) is 0.769. The van der Waals surface area contributed by atoms with Crippen LogP contribution in [0.15, 0.2) is 54.3 Å². The van der Waals surface area contributed by atoms with Gasteiger partial charge in [0.25, 0.3) is 0 Å². The Kier molecular flexibility index (Phi) is 5.58. The summed E-state index contributed by atoms with van der Waals surface area (Å²) in [6.07, 6.45) is 10.2. The number of hydrogen-bond acceptors (Lipinski definition) is 4. The number of aromatic nitrogens is 1. The van der Waals surface area contributed by atoms with E-state index in [0.29, 0.717) is 5.41 Å². The highest BCUT2D eigenvalue weighted by Crippen LogP contribution is 2.43. The molecule has 2 saturated heterocycles. The molecule has 1 N–H and O–H groups in total. The maximum atomic E-state index is 4.60. The molecule has 0 saturated carbocycles. The van der Waals surface area contributed by atoms with E-state index in [0.717, 1.165) is 50.4 Å². The topological polar surface area (TPSA) is 40.5 Å². The number of hydrogen-bond donors (Lipinski definition) is 1. The molecule has 1 aromatic carbocycles. The highest BCUT2D eigenvalue weighted by Gasteiger charge is 2.44. The van der Waals surface area contributed by atoms with Gasteiger partial charge in [-0.05, 0) is 75.0 Å². The molecule has 0 unspecified atom stereocenters. The Morgan fingerprint density at radius 3 is 2.71 bits per heavy atom. The average molecular weight is 375 g/mol. The number of nitrogens with one attached hydrogen (secondary N) is 1. The molecule has 146 valence electrons. The van der Waals surface area contributed by atoms with Gasteiger partial charge in [0.1, 0.15) is 0 Å². The van der Waals surface area contributed by atoms with Crippen molar-refractivity contribution in [1.82, 2.24) is 15.2 Å². The van der Waals surface area contributed by atoms with Gasteiger partial charge in [-0.2, -0.15) is 0 Å². The first-order valence-electron chi connectivity index (χ1n) is 10.3. The van der Waals surface area contributed by atoms with E-state index in [-0.39, 0.29) is 0 Å². The number of piperidine rings is 1. The smallest absolute Gasteiger partial charge is 0.0718 e. The molecule has 1 aromatic heterocycles. The van der Waals surface area contributed by atoms with Crippen LogP contribution in [0, 0.1) is 5.41 Å². The van der Waals surface area contributed by atoms with E-state index in [9.17, 15) is 0 Å². The van der Waals surface area contributed by atoms with Gasteiger partial charge in [-0.15, -0.1) is 0 Å². The number of aliphatic imine (C=N–C) groups is 1. The zero-order valence-corrected chi connectivity index (χ0v) is 16.8. The molecule has 0 aliphatic carbocycles. The van der Waals surface area contributed by atoms with Crippen molar-refractivity contribution < 1.29 is 0 Å². The highest BCUT2D eigenvalue weighted by molar-refractivity contribution is 5.76. The molecule has 2 aliphatic heterocycles. The molecule has 2 fully saturated rings. The summed E-state index contributed by atoms with van der Waals surface area (Å²) in [6, 6.07) is 10.8. The highest BCUT2D eigenvalue weighted by atomic mass is 15.2. The lowest BCUT2D eigenvalue weighted by Gasteiger charge is -2.54. The predicted molar refractivity (Wildman–Crippen MR) is 117 cm³/mol. The van der Waals surface area contributed by atoms with Crippen LogP contribution in [0.2, 0.25) is 0 Å². The molecule has 4 rings (SSSR count). The molecule has 3 heterocycles. The second-order valence-corrected chi connectivity index (χ2v) is 8.15. The molecule has 28 heavy (non-hydrogen) atoms. The summed E-state index contributed by atoms with van der Waals surface area (Å²) in [5.74, 6) is 0. The van der Waals surface area contributed by atoms with Crippen molar-refractivity contribution in [2.45, 2.75) is 32.6 Å². The summed E-state index contributed by atoms with van der Waals surface area (Å²) in [7, 11) is 0. The zero-order chi connectivity index (χ0) is 19.4. The minimum atomic E-state index is 0.500. The third-order valence-electron chi connectivity index (χ3n) is 6.16. The monoisotopic (exact) mass is 374 g/mol. The van der Waals surface area contributed by atoms with Crippen molar-refractivity contribution >= 4 is 17.6 Å². The van der Waals surface area contributed by atoms with Crippen molar-refractivity contribution in [3.05, 3.63) is 66.0 Å². The van der Waals surface area contributed by atoms with Crippen molar-refractivity contribution in [2.75, 3.05) is 26.2 Å². The Labute approximate surface area is 168 Å². The third kappa shape index (κ3) is 4.02. The average Bonchev–Trinajstić information content (AvgIpc) is 2.72. The normalized spacial score (nSPS) is 18.4. The SMILES string of the molecule is C=C(c1cc(CCc2cccnc2)ccc1N=CC)N1CC2(CCNCC2)C1. The summed E-state index contributed by atoms with van der Waals surface area (Å²) >= 11 is 0. The van der Waals surface area contributed by atoms with E-state index in [4.69, 9.17) is 0 Å². The van der Waals surface area contributed by atoms with Crippen LogP contribution in [0.25, 0.3) is 5.70 Å². The number of pyridine rings is 1. The fraction of sp³-hybridized carbons (Fsp3) is 0.417. The van der Waals surface area contributed by atoms with Crippen LogP contribution in [-0.4, -0.2) is 42.3 Å². The summed E-state index contributed by atoms with van der Waals surface area (Å²) in [5.41, 5.74) is 6.41. The maximum absolute atomic E-state index is 4.60. The predicted octanol–water partition coefficient (Wildman–Crippen LogP) is 4.25. The van der Waals surface area contributed by atoms with Crippen LogP contribution in [0.5, 0.6) is 0 Å². The molecular weight excluding hydrogens is 344 g/mol. The van der Waals surface area contributed by atoms with E-state index in [1.54, 1.807) is 0 Å². The number of benzene rings is 1. The van der Waals surface area contributed by atoms with Crippen LogP contribution in [-0.2, 0) is 12.8 Å². The molecule has 2 aliphatic rings. The first kappa shape index (κ1) is 18.9. The Morgan fingerprint density at radius 1 is 1.21 bits per heavy atom. The van der Waals surface area contributed by atoms with E-state index in [2.05, 4.69) is 51.0 Å². The summed E-state index contributed by atoms with van der Waals surface area (Å²) < 4.78 is 0. The molecule has 0 amide bonds. The zero-order valence-electron chi connectivity index (χ0n) is 16.8. The molecular formula is C24H30N4. The van der Waals surface area contributed by atoms with E-state index in [1.165, 1.54) is 29.5 Å². The van der Waals surface area contributed by atoms with Gasteiger partial charge < -0.3 is 10.2 Å². The van der Waals surface area contributed by atoms with Crippen LogP contribution >= 0.6 is 0 Å². The van der Waals surface area contributed by atoms with E-state index in [1.807, 2.05) is 31.6 Å². The van der Waals surface area contributed by atoms with Crippen LogP contribution in [0.1, 0.15) is 36.5 Å². The van der Waals surface area contributed by atoms with E-state index < -0.39 is 0 Å². The minimum Gasteiger partial charge on any atom is -0.370 e. The lowest BCUT2D eigenvalue weighted by atomic mass is 9.72. The standard InChI is InChI=1S/C24H30N4/c1-3-27-23-9-8-20(6-7-21-5-4-12-26-16-21)15-22(23)19(2)28-17-24(18-28)10-13-25-14-11-24/h3-5,8-9,12,15-16,25H,2,6-7,10-11,13-14,17-18H2,1H3. The molecule has 2 aromatic rings. The van der Waals surface area contributed by atoms with Crippen molar-refractivity contribution in [3.8, 4) is 0 Å². The fourth-order valence-corrected chi connectivity index (χ4v) is 4.45. The number of aryl methyl sites for hydroxylation is 2. The fourth-order valence-electron chi connectivity index (χ4n) is 4.45. The van der Waals surface area contributed by atoms with E-state index >= 15 is 0 Å². The van der Waals surface area contributed by atoms with Crippen LogP contribution < -0.4 is 5.32 Å². The molecule has 4 nitrogen and oxygen atoms in total. The van der Waals surface area contributed by atoms with Gasteiger partial charge in [0, 0.05) is 48.4 Å². The summed E-state index contributed by atoms with van der Waals surface area (Å²) in [5, 5.41) is 3.48. The second kappa shape index (κ2) is 8.27. The van der Waals surface area contributed by atoms with Crippen LogP contribution in [0.4, 0.5) is 5.69 Å². The van der Waals surface area contributed by atoms with Gasteiger partial charge in [-0.1, -0.05) is 18.7 Å². The Bertz CT molecular complexity index is 842. The van der Waals surface area contributed by atoms with Gasteiger partial charge in [-0.25, -0.2) is 0 Å². The lowest BCUT2D eigenvalue weighted by Crippen LogP contribution is -2.58. The molecule has 0 bridgehead atoms. The molecule has 0 radical (unpaired) electrons. The van der Waals surface area contributed by atoms with Gasteiger partial charge >= 0.3 is 0 Å². The van der Waals surface area contributed by atoms with Gasteiger partial charge in [0.15, 0.2) is 0 Å². The molecule has 0 atom stereocenters. The van der Waals surface area contributed by atoms with Crippen LogP contribution in [0.3, 0.4) is 0 Å². The molecule has 4 heteroatoms. The van der Waals surface area contributed by atoms with Gasteiger partial charge in [0.2, 0.25) is 0 Å². The number of rotatable bonds is 6. The van der Waals surface area contributed by atoms with Gasteiger partial charge in [0.05, 0.1) is 5.69 Å². The number of nitrogens with zero attached hydrogens (tertiary/aromatic N) is 3. The Morgan fingerprint density at radius 2 is 2.00 bits per heavy atom. The molecule has 1 spiro atoms. The second-order valence-electron chi connectivity index (χ2n) is 8.15. The Hall–Kier alpha value is -2.46. The first-order valence-corrected chi connectivity index (χ1v) is 10.3. The van der Waals surface area contributed by atoms with Crippen molar-refractivity contribution in [2.24, 2.45) is 10.4 Å². The Balaban J connectivity index is 1.48. The summed E-state index contributed by atoms with van der Waals surface area (Å²) in [4.78, 5) is 11.3. The van der Waals surface area contributed by atoms with Gasteiger partial charge in [-0.3, -0.25) is 9.98 Å². The minimum absolute atomic E-state index is 0.500. The largest absolute Gasteiger partial charge is 0.370 e. The third-order valence-corrected chi connectivity index (χ3v) is 6.16. The van der Waals surface area contributed by atoms with Crippen molar-refractivity contribution in [3.63, 3.8) is 0 Å². The maximum Gasteiger partial charge on any atom is 0.0718 e. The summed E-state index contributed by atoms with van der Waals surface area (Å²) in [6.45, 7) is 11.0. The number of likely N-dealkylation sites (tertiary alicyclic amines) is 1. The lowest BCUT2D eigenvalue weighted by molar-refractivity contribution is 0.0201.